The summed E-state index contributed by atoms with van der Waals surface area (Å²) in [5.74, 6) is 0. The van der Waals surface area contributed by atoms with Crippen LogP contribution in [-0.4, -0.2) is 28.1 Å². The zero-order valence-corrected chi connectivity index (χ0v) is 12.6. The maximum atomic E-state index is 11.9. The molecule has 1 aromatic carbocycles. The van der Waals surface area contributed by atoms with Gasteiger partial charge in [0, 0.05) is 12.6 Å². The van der Waals surface area contributed by atoms with Gasteiger partial charge in [-0.1, -0.05) is 19.1 Å². The predicted octanol–water partition coefficient (Wildman–Crippen LogP) is 1.56. The van der Waals surface area contributed by atoms with Crippen molar-refractivity contribution in [3.05, 3.63) is 29.8 Å². The van der Waals surface area contributed by atoms with E-state index in [0.717, 1.165) is 12.0 Å². The molecule has 0 amide bonds. The summed E-state index contributed by atoms with van der Waals surface area (Å²) in [4.78, 5) is 0.318. The molecule has 0 saturated heterocycles. The number of hydrogen-bond acceptors (Lipinski definition) is 3. The molecule has 18 heavy (non-hydrogen) atoms. The van der Waals surface area contributed by atoms with Gasteiger partial charge < -0.3 is 5.32 Å². The number of benzene rings is 1. The summed E-state index contributed by atoms with van der Waals surface area (Å²) in [7, 11) is -1.58. The second-order valence-corrected chi connectivity index (χ2v) is 5.81. The van der Waals surface area contributed by atoms with Crippen LogP contribution < -0.4 is 10.0 Å². The molecule has 0 radical (unpaired) electrons. The minimum absolute atomic E-state index is 0. The number of aryl methyl sites for hydroxylation is 1. The predicted molar refractivity (Wildman–Crippen MR) is 76.8 cm³/mol. The highest BCUT2D eigenvalue weighted by molar-refractivity contribution is 7.89. The van der Waals surface area contributed by atoms with Crippen LogP contribution in [0.1, 0.15) is 19.4 Å². The van der Waals surface area contributed by atoms with Gasteiger partial charge in [-0.05, 0) is 38.1 Å². The van der Waals surface area contributed by atoms with Gasteiger partial charge in [0.2, 0.25) is 10.0 Å². The van der Waals surface area contributed by atoms with E-state index in [4.69, 9.17) is 0 Å². The Morgan fingerprint density at radius 3 is 2.22 bits per heavy atom. The lowest BCUT2D eigenvalue weighted by Crippen LogP contribution is -2.37. The van der Waals surface area contributed by atoms with Gasteiger partial charge in [0.05, 0.1) is 4.90 Å². The first-order valence-corrected chi connectivity index (χ1v) is 7.23. The Labute approximate surface area is 116 Å². The van der Waals surface area contributed by atoms with Crippen LogP contribution in [-0.2, 0) is 16.4 Å². The maximum Gasteiger partial charge on any atom is 0.240 e. The van der Waals surface area contributed by atoms with Crippen molar-refractivity contribution in [1.29, 1.82) is 0 Å². The zero-order chi connectivity index (χ0) is 12.9. The Morgan fingerprint density at radius 1 is 1.22 bits per heavy atom. The molecule has 0 aliphatic carbocycles. The number of sulfonamides is 1. The van der Waals surface area contributed by atoms with E-state index in [2.05, 4.69) is 10.0 Å². The van der Waals surface area contributed by atoms with Gasteiger partial charge in [0.15, 0.2) is 0 Å². The molecule has 0 aliphatic heterocycles. The average Bonchev–Trinajstić information content (AvgIpc) is 2.36. The summed E-state index contributed by atoms with van der Waals surface area (Å²) >= 11 is 0. The molecular weight excluding hydrogens is 272 g/mol. The van der Waals surface area contributed by atoms with E-state index in [9.17, 15) is 8.42 Å². The summed E-state index contributed by atoms with van der Waals surface area (Å²) in [6, 6.07) is 7.09. The molecule has 0 bridgehead atoms. The van der Waals surface area contributed by atoms with Gasteiger partial charge in [-0.3, -0.25) is 0 Å². The summed E-state index contributed by atoms with van der Waals surface area (Å²) < 4.78 is 26.4. The molecule has 1 rings (SSSR count). The molecule has 0 aromatic heterocycles. The summed E-state index contributed by atoms with van der Waals surface area (Å²) in [5, 5.41) is 2.98. The number of halogens is 1. The molecular formula is C12H21ClN2O2S. The molecule has 0 saturated carbocycles. The second-order valence-electron chi connectivity index (χ2n) is 4.04. The van der Waals surface area contributed by atoms with Crippen molar-refractivity contribution >= 4 is 22.4 Å². The molecule has 1 aromatic rings. The molecule has 0 heterocycles. The van der Waals surface area contributed by atoms with Crippen LogP contribution in [0.5, 0.6) is 0 Å². The number of likely N-dealkylation sites (N-methyl/N-ethyl adjacent to an activating group) is 1. The van der Waals surface area contributed by atoms with Gasteiger partial charge in [0.25, 0.3) is 0 Å². The van der Waals surface area contributed by atoms with Crippen molar-refractivity contribution in [3.8, 4) is 0 Å². The summed E-state index contributed by atoms with van der Waals surface area (Å²) in [6.07, 6.45) is 0.907. The van der Waals surface area contributed by atoms with Crippen LogP contribution in [0.3, 0.4) is 0 Å². The summed E-state index contributed by atoms with van der Waals surface area (Å²) in [6.45, 7) is 4.34. The van der Waals surface area contributed by atoms with E-state index in [1.807, 2.05) is 26.0 Å². The highest BCUT2D eigenvalue weighted by Crippen LogP contribution is 2.10. The SMILES string of the molecule is CCc1ccc(S(=O)(=O)NCC(C)NC)cc1.Cl. The Hall–Kier alpha value is -0.620. The Kier molecular flexibility index (Phi) is 7.47. The molecule has 1 unspecified atom stereocenters. The van der Waals surface area contributed by atoms with Crippen LogP contribution >= 0.6 is 12.4 Å². The lowest BCUT2D eigenvalue weighted by Gasteiger charge is -2.12. The fourth-order valence-corrected chi connectivity index (χ4v) is 2.45. The lowest BCUT2D eigenvalue weighted by molar-refractivity contribution is 0.554. The van der Waals surface area contributed by atoms with E-state index < -0.39 is 10.0 Å². The lowest BCUT2D eigenvalue weighted by atomic mass is 10.2. The summed E-state index contributed by atoms with van der Waals surface area (Å²) in [5.41, 5.74) is 1.13. The minimum atomic E-state index is -3.38. The standard InChI is InChI=1S/C12H20N2O2S.ClH/c1-4-11-5-7-12(8-6-11)17(15,16)14-9-10(2)13-3;/h5-8,10,13-14H,4,9H2,1-3H3;1H. The molecule has 0 fully saturated rings. The number of nitrogens with one attached hydrogen (secondary N) is 2. The Balaban J connectivity index is 0.00000289. The van der Waals surface area contributed by atoms with Gasteiger partial charge >= 0.3 is 0 Å². The third-order valence-corrected chi connectivity index (χ3v) is 4.15. The van der Waals surface area contributed by atoms with Gasteiger partial charge in [-0.25, -0.2) is 13.1 Å². The third-order valence-electron chi connectivity index (χ3n) is 2.71. The molecule has 104 valence electrons. The van der Waals surface area contributed by atoms with Crippen molar-refractivity contribution in [1.82, 2.24) is 10.0 Å². The van der Waals surface area contributed by atoms with Crippen molar-refractivity contribution in [2.75, 3.05) is 13.6 Å². The highest BCUT2D eigenvalue weighted by atomic mass is 35.5. The van der Waals surface area contributed by atoms with Gasteiger partial charge in [0.1, 0.15) is 0 Å². The highest BCUT2D eigenvalue weighted by Gasteiger charge is 2.14. The Morgan fingerprint density at radius 2 is 1.78 bits per heavy atom. The molecule has 2 N–H and O–H groups in total. The third kappa shape index (κ3) is 4.94. The average molecular weight is 293 g/mol. The monoisotopic (exact) mass is 292 g/mol. The first-order valence-electron chi connectivity index (χ1n) is 5.75. The molecule has 0 aliphatic rings. The normalized spacial score (nSPS) is 12.8. The number of rotatable bonds is 6. The smallest absolute Gasteiger partial charge is 0.240 e. The maximum absolute atomic E-state index is 11.9. The largest absolute Gasteiger partial charge is 0.316 e. The molecule has 0 spiro atoms. The molecule has 4 nitrogen and oxygen atoms in total. The van der Waals surface area contributed by atoms with E-state index in [1.54, 1.807) is 19.2 Å². The second kappa shape index (κ2) is 7.74. The van der Waals surface area contributed by atoms with Crippen molar-refractivity contribution in [2.45, 2.75) is 31.2 Å². The fraction of sp³-hybridized carbons (Fsp3) is 0.500. The van der Waals surface area contributed by atoms with Crippen LogP contribution in [0.4, 0.5) is 0 Å². The van der Waals surface area contributed by atoms with E-state index in [0.29, 0.717) is 11.4 Å². The first-order chi connectivity index (χ1) is 7.99. The molecule has 6 heteroatoms. The quantitative estimate of drug-likeness (QED) is 0.836. The number of hydrogen-bond donors (Lipinski definition) is 2. The topological polar surface area (TPSA) is 58.2 Å². The molecule has 1 atom stereocenters. The van der Waals surface area contributed by atoms with Crippen molar-refractivity contribution < 1.29 is 8.42 Å². The zero-order valence-electron chi connectivity index (χ0n) is 10.9. The van der Waals surface area contributed by atoms with Crippen LogP contribution in [0.15, 0.2) is 29.2 Å². The van der Waals surface area contributed by atoms with E-state index >= 15 is 0 Å². The van der Waals surface area contributed by atoms with Crippen molar-refractivity contribution in [2.24, 2.45) is 0 Å². The van der Waals surface area contributed by atoms with Crippen LogP contribution in [0.2, 0.25) is 0 Å². The van der Waals surface area contributed by atoms with Gasteiger partial charge in [-0.2, -0.15) is 0 Å². The van der Waals surface area contributed by atoms with Crippen LogP contribution in [0, 0.1) is 0 Å². The van der Waals surface area contributed by atoms with Crippen LogP contribution in [0.25, 0.3) is 0 Å². The van der Waals surface area contributed by atoms with Gasteiger partial charge in [-0.15, -0.1) is 12.4 Å². The van der Waals surface area contributed by atoms with Crippen molar-refractivity contribution in [3.63, 3.8) is 0 Å². The Bertz CT molecular complexity index is 446. The van der Waals surface area contributed by atoms with E-state index in [1.165, 1.54) is 0 Å². The minimum Gasteiger partial charge on any atom is -0.316 e. The van der Waals surface area contributed by atoms with E-state index in [-0.39, 0.29) is 18.4 Å². The first kappa shape index (κ1) is 17.4. The fourth-order valence-electron chi connectivity index (χ4n) is 1.32.